The summed E-state index contributed by atoms with van der Waals surface area (Å²) in [5.74, 6) is 0.377. The molecule has 1 aromatic carbocycles. The molecule has 112 valence electrons. The van der Waals surface area contributed by atoms with E-state index in [1.165, 1.54) is 0 Å². The lowest BCUT2D eigenvalue weighted by Gasteiger charge is -2.22. The van der Waals surface area contributed by atoms with Gasteiger partial charge in [0.25, 0.3) is 0 Å². The maximum Gasteiger partial charge on any atom is 0.224 e. The van der Waals surface area contributed by atoms with E-state index < -0.39 is 0 Å². The van der Waals surface area contributed by atoms with E-state index >= 15 is 0 Å². The third-order valence-electron chi connectivity index (χ3n) is 3.64. The third-order valence-corrected chi connectivity index (χ3v) is 4.76. The van der Waals surface area contributed by atoms with E-state index in [2.05, 4.69) is 19.4 Å². The number of anilines is 1. The highest BCUT2D eigenvalue weighted by Gasteiger charge is 2.20. The van der Waals surface area contributed by atoms with Crippen LogP contribution in [0.25, 0.3) is 11.0 Å². The van der Waals surface area contributed by atoms with Crippen molar-refractivity contribution >= 4 is 57.6 Å². The molecule has 1 aliphatic heterocycles. The minimum absolute atomic E-state index is 0.0413. The van der Waals surface area contributed by atoms with Crippen LogP contribution in [0.15, 0.2) is 6.07 Å². The quantitative estimate of drug-likeness (QED) is 0.896. The minimum Gasteiger partial charge on any atom is -0.323 e. The molecule has 2 aromatic rings. The Morgan fingerprint density at radius 2 is 2.00 bits per heavy atom. The number of piperidine rings is 1. The summed E-state index contributed by atoms with van der Waals surface area (Å²) in [5, 5.41) is 6.99. The van der Waals surface area contributed by atoms with Crippen LogP contribution < -0.4 is 10.6 Å². The number of benzene rings is 1. The molecule has 0 atom stereocenters. The van der Waals surface area contributed by atoms with Gasteiger partial charge in [0.1, 0.15) is 11.0 Å². The van der Waals surface area contributed by atoms with Crippen molar-refractivity contribution in [3.63, 3.8) is 0 Å². The minimum atomic E-state index is -0.0413. The molecule has 0 spiro atoms. The zero-order chi connectivity index (χ0) is 14.8. The van der Waals surface area contributed by atoms with Crippen LogP contribution in [0, 0.1) is 5.92 Å². The van der Waals surface area contributed by atoms with Crippen molar-refractivity contribution in [3.8, 4) is 0 Å². The van der Waals surface area contributed by atoms with E-state index in [4.69, 9.17) is 23.2 Å². The van der Waals surface area contributed by atoms with Gasteiger partial charge in [-0.3, -0.25) is 4.79 Å². The van der Waals surface area contributed by atoms with Crippen molar-refractivity contribution in [1.82, 2.24) is 14.1 Å². The third kappa shape index (κ3) is 3.29. The normalized spacial score (nSPS) is 16.3. The Kier molecular flexibility index (Phi) is 4.59. The van der Waals surface area contributed by atoms with Crippen LogP contribution in [-0.4, -0.2) is 27.7 Å². The second-order valence-electron chi connectivity index (χ2n) is 5.12. The molecule has 5 nitrogen and oxygen atoms in total. The second-order valence-corrected chi connectivity index (χ2v) is 6.47. The molecule has 0 bridgehead atoms. The van der Waals surface area contributed by atoms with Gasteiger partial charge in [-0.1, -0.05) is 23.2 Å². The number of nitrogens with one attached hydrogen (secondary N) is 2. The molecule has 2 N–H and O–H groups in total. The number of nitrogens with zero attached hydrogens (tertiary/aromatic N) is 2. The Morgan fingerprint density at radius 1 is 1.29 bits per heavy atom. The lowest BCUT2D eigenvalue weighted by Crippen LogP contribution is -2.30. The molecular weight excluding hydrogens is 331 g/mol. The van der Waals surface area contributed by atoms with E-state index in [1.807, 2.05) is 0 Å². The highest BCUT2D eigenvalue weighted by atomic mass is 35.5. The smallest absolute Gasteiger partial charge is 0.224 e. The van der Waals surface area contributed by atoms with Crippen molar-refractivity contribution in [1.29, 1.82) is 0 Å². The molecule has 0 saturated carbocycles. The fourth-order valence-corrected chi connectivity index (χ4v) is 3.69. The van der Waals surface area contributed by atoms with E-state index in [9.17, 15) is 4.79 Å². The van der Waals surface area contributed by atoms with Crippen LogP contribution in [0.1, 0.15) is 19.3 Å². The largest absolute Gasteiger partial charge is 0.323 e. The van der Waals surface area contributed by atoms with E-state index in [0.717, 1.165) is 37.7 Å². The highest BCUT2D eigenvalue weighted by Crippen LogP contribution is 2.35. The van der Waals surface area contributed by atoms with Crippen molar-refractivity contribution in [3.05, 3.63) is 16.1 Å². The van der Waals surface area contributed by atoms with Gasteiger partial charge >= 0.3 is 0 Å². The zero-order valence-electron chi connectivity index (χ0n) is 11.2. The average molecular weight is 345 g/mol. The molecule has 1 amide bonds. The second kappa shape index (κ2) is 6.44. The van der Waals surface area contributed by atoms with Gasteiger partial charge in [-0.05, 0) is 37.9 Å². The number of hydrogen-bond donors (Lipinski definition) is 2. The van der Waals surface area contributed by atoms with Crippen LogP contribution in [0.5, 0.6) is 0 Å². The van der Waals surface area contributed by atoms with Gasteiger partial charge in [-0.15, -0.1) is 0 Å². The van der Waals surface area contributed by atoms with Crippen molar-refractivity contribution in [2.75, 3.05) is 18.4 Å². The van der Waals surface area contributed by atoms with Crippen molar-refractivity contribution in [2.24, 2.45) is 5.92 Å². The summed E-state index contributed by atoms with van der Waals surface area (Å²) in [5.41, 5.74) is 1.63. The molecule has 0 aliphatic carbocycles. The van der Waals surface area contributed by atoms with E-state index in [1.54, 1.807) is 6.07 Å². The van der Waals surface area contributed by atoms with Gasteiger partial charge in [0.2, 0.25) is 5.91 Å². The predicted octanol–water partition coefficient (Wildman–Crippen LogP) is 3.33. The molecule has 1 aliphatic rings. The summed E-state index contributed by atoms with van der Waals surface area (Å²) in [6.45, 7) is 1.94. The van der Waals surface area contributed by atoms with Gasteiger partial charge in [0.15, 0.2) is 0 Å². The summed E-state index contributed by atoms with van der Waals surface area (Å²) in [4.78, 5) is 12.2. The summed E-state index contributed by atoms with van der Waals surface area (Å²) in [7, 11) is 0. The molecule has 1 aromatic heterocycles. The van der Waals surface area contributed by atoms with Gasteiger partial charge in [-0.2, -0.15) is 8.75 Å². The Morgan fingerprint density at radius 3 is 2.76 bits per heavy atom. The summed E-state index contributed by atoms with van der Waals surface area (Å²) in [6.07, 6.45) is 2.55. The Balaban J connectivity index is 1.78. The topological polar surface area (TPSA) is 66.9 Å². The maximum absolute atomic E-state index is 12.2. The number of carbonyl (C=O) groups excluding carboxylic acids is 1. The molecule has 0 radical (unpaired) electrons. The lowest BCUT2D eigenvalue weighted by atomic mass is 9.94. The van der Waals surface area contributed by atoms with Gasteiger partial charge < -0.3 is 10.6 Å². The number of fused-ring (bicyclic) bond motifs is 1. The number of amides is 1. The van der Waals surface area contributed by atoms with Crippen molar-refractivity contribution < 1.29 is 4.79 Å². The Hall–Kier alpha value is -0.950. The average Bonchev–Trinajstić information content (AvgIpc) is 2.94. The first-order valence-corrected chi connectivity index (χ1v) is 8.24. The van der Waals surface area contributed by atoms with Gasteiger partial charge in [-0.25, -0.2) is 0 Å². The first-order valence-electron chi connectivity index (χ1n) is 6.76. The summed E-state index contributed by atoms with van der Waals surface area (Å²) in [6, 6.07) is 1.59. The maximum atomic E-state index is 12.2. The standard InChI is InChI=1S/C13H14Cl2N4OS/c14-8-6-9(15)12-13(19-21-18-12)11(8)17-10(20)5-7-1-3-16-4-2-7/h6-7,16H,1-5H2,(H,17,20). The molecule has 21 heavy (non-hydrogen) atoms. The first-order chi connectivity index (χ1) is 10.1. The SMILES string of the molecule is O=C(CC1CCNCC1)Nc1c(Cl)cc(Cl)c2nsnc12. The first kappa shape index (κ1) is 15.0. The lowest BCUT2D eigenvalue weighted by molar-refractivity contribution is -0.117. The molecular formula is C13H14Cl2N4OS. The summed E-state index contributed by atoms with van der Waals surface area (Å²) < 4.78 is 8.30. The molecule has 1 fully saturated rings. The Bertz CT molecular complexity index is 669. The number of hydrogen-bond acceptors (Lipinski definition) is 5. The molecule has 3 rings (SSSR count). The number of aromatic nitrogens is 2. The van der Waals surface area contributed by atoms with Gasteiger partial charge in [0.05, 0.1) is 27.5 Å². The molecule has 2 heterocycles. The fraction of sp³-hybridized carbons (Fsp3) is 0.462. The van der Waals surface area contributed by atoms with Crippen LogP contribution in [0.3, 0.4) is 0 Å². The van der Waals surface area contributed by atoms with Gasteiger partial charge in [0, 0.05) is 6.42 Å². The summed E-state index contributed by atoms with van der Waals surface area (Å²) >= 11 is 13.3. The van der Waals surface area contributed by atoms with E-state index in [0.29, 0.717) is 39.1 Å². The molecule has 8 heteroatoms. The van der Waals surface area contributed by atoms with Crippen LogP contribution in [0.2, 0.25) is 10.0 Å². The Labute approximate surface area is 136 Å². The monoisotopic (exact) mass is 344 g/mol. The number of rotatable bonds is 3. The van der Waals surface area contributed by atoms with Crippen LogP contribution in [0.4, 0.5) is 5.69 Å². The highest BCUT2D eigenvalue weighted by molar-refractivity contribution is 7.00. The van der Waals surface area contributed by atoms with Crippen LogP contribution >= 0.6 is 34.9 Å². The molecule has 0 unspecified atom stereocenters. The molecule has 1 saturated heterocycles. The number of halogens is 2. The fourth-order valence-electron chi connectivity index (χ4n) is 2.53. The van der Waals surface area contributed by atoms with Crippen molar-refractivity contribution in [2.45, 2.75) is 19.3 Å². The zero-order valence-corrected chi connectivity index (χ0v) is 13.5. The van der Waals surface area contributed by atoms with Crippen LogP contribution in [-0.2, 0) is 4.79 Å². The number of carbonyl (C=O) groups is 1. The predicted molar refractivity (Wildman–Crippen MR) is 86.3 cm³/mol. The van der Waals surface area contributed by atoms with E-state index in [-0.39, 0.29) is 5.91 Å².